The maximum Gasteiger partial charge on any atom is 0.120 e. The highest BCUT2D eigenvalue weighted by atomic mass is 16.5. The lowest BCUT2D eigenvalue weighted by Gasteiger charge is -2.46. The Labute approximate surface area is 159 Å². The van der Waals surface area contributed by atoms with Crippen LogP contribution in [0, 0.1) is 0 Å². The average molecular weight is 369 g/mol. The summed E-state index contributed by atoms with van der Waals surface area (Å²) in [7, 11) is 1.73. The molecule has 0 unspecified atom stereocenters. The van der Waals surface area contributed by atoms with Crippen LogP contribution in [0.2, 0.25) is 0 Å². The maximum atomic E-state index is 6.05. The normalized spacial score (nSPS) is 26.5. The highest BCUT2D eigenvalue weighted by Gasteiger charge is 2.38. The van der Waals surface area contributed by atoms with Gasteiger partial charge >= 0.3 is 0 Å². The van der Waals surface area contributed by atoms with Gasteiger partial charge in [-0.2, -0.15) is 0 Å². The number of benzene rings is 1. The van der Waals surface area contributed by atoms with Crippen molar-refractivity contribution in [1.29, 1.82) is 0 Å². The Morgan fingerprint density at radius 1 is 1.15 bits per heavy atom. The first-order chi connectivity index (χ1) is 13.3. The molecule has 3 aliphatic rings. The number of fused-ring (bicyclic) bond motifs is 3. The highest BCUT2D eigenvalue weighted by molar-refractivity contribution is 5.51. The number of ether oxygens (including phenoxy) is 2. The van der Waals surface area contributed by atoms with E-state index in [0.717, 1.165) is 44.0 Å². The molecule has 27 heavy (non-hydrogen) atoms. The number of likely N-dealkylation sites (tertiary alicyclic amines) is 1. The van der Waals surface area contributed by atoms with Crippen LogP contribution < -0.4 is 9.64 Å². The molecule has 0 spiro atoms. The van der Waals surface area contributed by atoms with Crippen LogP contribution in [0.25, 0.3) is 0 Å². The predicted molar refractivity (Wildman–Crippen MR) is 102 cm³/mol. The number of hydrogen-bond acceptors (Lipinski definition) is 6. The van der Waals surface area contributed by atoms with Crippen LogP contribution in [0.5, 0.6) is 5.75 Å². The van der Waals surface area contributed by atoms with Gasteiger partial charge in [-0.05, 0) is 31.4 Å². The van der Waals surface area contributed by atoms with Crippen LogP contribution in [0.3, 0.4) is 0 Å². The first kappa shape index (κ1) is 17.0. The predicted octanol–water partition coefficient (Wildman–Crippen LogP) is 2.10. The molecule has 1 aromatic carbocycles. The van der Waals surface area contributed by atoms with Crippen LogP contribution in [-0.2, 0) is 11.3 Å². The smallest absolute Gasteiger partial charge is 0.120 e. The third-order valence-electron chi connectivity index (χ3n) is 6.36. The Morgan fingerprint density at radius 3 is 2.89 bits per heavy atom. The summed E-state index contributed by atoms with van der Waals surface area (Å²) in [6.45, 7) is 4.97. The number of rotatable bonds is 3. The molecule has 2 saturated heterocycles. The monoisotopic (exact) mass is 369 g/mol. The fourth-order valence-electron chi connectivity index (χ4n) is 4.83. The molecule has 5 rings (SSSR count). The first-order valence-corrected chi connectivity index (χ1v) is 9.95. The number of methoxy groups -OCH3 is 1. The molecule has 0 amide bonds. The second-order valence-corrected chi connectivity index (χ2v) is 7.79. The molecule has 0 N–H and O–H groups in total. The first-order valence-electron chi connectivity index (χ1n) is 9.95. The summed E-state index contributed by atoms with van der Waals surface area (Å²) in [5.41, 5.74) is 2.37. The van der Waals surface area contributed by atoms with Gasteiger partial charge in [0.15, 0.2) is 0 Å². The van der Waals surface area contributed by atoms with E-state index in [1.807, 2.05) is 12.3 Å². The largest absolute Gasteiger partial charge is 0.497 e. The summed E-state index contributed by atoms with van der Waals surface area (Å²) in [6.07, 6.45) is 5.59. The number of nitrogens with zero attached hydrogens (tertiary/aromatic N) is 5. The zero-order chi connectivity index (χ0) is 18.2. The van der Waals surface area contributed by atoms with Crippen molar-refractivity contribution in [2.24, 2.45) is 0 Å². The standard InChI is InChI=1S/C20H27N5O2/c1-26-18-4-2-3-16(11-18)23-8-5-15(6-9-23)24-10-7-20-19(13-24)25-17(14-27-20)12-21-22-25/h2-4,11-12,15,19-20H,5-10,13-14H2,1H3/t19-,20-/m1/s1. The SMILES string of the molecule is COc1cccc(N2CCC(N3CC[C@H]4OCc5cnnn5[C@@H]4C3)CC2)c1. The summed E-state index contributed by atoms with van der Waals surface area (Å²) >= 11 is 0. The molecule has 7 heteroatoms. The number of piperidine rings is 2. The molecule has 2 atom stereocenters. The molecule has 1 aromatic heterocycles. The maximum absolute atomic E-state index is 6.05. The lowest BCUT2D eigenvalue weighted by molar-refractivity contribution is -0.0738. The summed E-state index contributed by atoms with van der Waals surface area (Å²) < 4.78 is 13.5. The molecular formula is C20H27N5O2. The van der Waals surface area contributed by atoms with Gasteiger partial charge in [0, 0.05) is 44.0 Å². The average Bonchev–Trinajstić information content (AvgIpc) is 3.23. The van der Waals surface area contributed by atoms with E-state index in [2.05, 4.69) is 43.0 Å². The van der Waals surface area contributed by atoms with E-state index < -0.39 is 0 Å². The van der Waals surface area contributed by atoms with Crippen molar-refractivity contribution < 1.29 is 9.47 Å². The molecule has 0 radical (unpaired) electrons. The third-order valence-corrected chi connectivity index (χ3v) is 6.36. The van der Waals surface area contributed by atoms with Crippen molar-refractivity contribution in [2.45, 2.75) is 44.1 Å². The molecular weight excluding hydrogens is 342 g/mol. The van der Waals surface area contributed by atoms with Crippen LogP contribution in [0.4, 0.5) is 5.69 Å². The van der Waals surface area contributed by atoms with E-state index in [1.165, 1.54) is 18.5 Å². The van der Waals surface area contributed by atoms with Crippen molar-refractivity contribution >= 4 is 5.69 Å². The molecule has 0 bridgehead atoms. The lowest BCUT2D eigenvalue weighted by atomic mass is 9.95. The van der Waals surface area contributed by atoms with E-state index in [0.29, 0.717) is 18.7 Å². The number of aromatic nitrogens is 3. The van der Waals surface area contributed by atoms with Crippen molar-refractivity contribution in [1.82, 2.24) is 19.9 Å². The second-order valence-electron chi connectivity index (χ2n) is 7.79. The summed E-state index contributed by atoms with van der Waals surface area (Å²) in [5, 5.41) is 8.42. The quantitative estimate of drug-likeness (QED) is 0.826. The van der Waals surface area contributed by atoms with Gasteiger partial charge in [-0.25, -0.2) is 4.68 Å². The summed E-state index contributed by atoms with van der Waals surface area (Å²) in [4.78, 5) is 5.13. The van der Waals surface area contributed by atoms with Crippen molar-refractivity contribution in [3.05, 3.63) is 36.2 Å². The van der Waals surface area contributed by atoms with Gasteiger partial charge in [-0.3, -0.25) is 4.90 Å². The van der Waals surface area contributed by atoms with Crippen molar-refractivity contribution in [3.63, 3.8) is 0 Å². The Bertz CT molecular complexity index is 786. The van der Waals surface area contributed by atoms with Crippen molar-refractivity contribution in [3.8, 4) is 5.75 Å². The van der Waals surface area contributed by atoms with Crippen LogP contribution in [0.15, 0.2) is 30.5 Å². The molecule has 2 fully saturated rings. The molecule has 2 aromatic rings. The van der Waals surface area contributed by atoms with Crippen molar-refractivity contribution in [2.75, 3.05) is 38.2 Å². The zero-order valence-electron chi connectivity index (χ0n) is 15.8. The Balaban J connectivity index is 1.23. The molecule has 0 aliphatic carbocycles. The van der Waals surface area contributed by atoms with E-state index in [1.54, 1.807) is 7.11 Å². The Kier molecular flexibility index (Phi) is 4.49. The molecule has 3 aliphatic heterocycles. The van der Waals surface area contributed by atoms with Gasteiger partial charge in [0.25, 0.3) is 0 Å². The van der Waals surface area contributed by atoms with Gasteiger partial charge < -0.3 is 14.4 Å². The molecule has 0 saturated carbocycles. The number of anilines is 1. The minimum absolute atomic E-state index is 0.285. The lowest BCUT2D eigenvalue weighted by Crippen LogP contribution is -2.53. The van der Waals surface area contributed by atoms with Gasteiger partial charge in [0.2, 0.25) is 0 Å². The number of hydrogen-bond donors (Lipinski definition) is 0. The van der Waals surface area contributed by atoms with E-state index in [9.17, 15) is 0 Å². The zero-order valence-corrected chi connectivity index (χ0v) is 15.8. The van der Waals surface area contributed by atoms with Gasteiger partial charge in [-0.1, -0.05) is 11.3 Å². The second kappa shape index (κ2) is 7.13. The van der Waals surface area contributed by atoms with Gasteiger partial charge in [-0.15, -0.1) is 5.10 Å². The summed E-state index contributed by atoms with van der Waals surface area (Å²) in [6, 6.07) is 9.34. The van der Waals surface area contributed by atoms with Crippen LogP contribution in [0.1, 0.15) is 31.0 Å². The molecule has 7 nitrogen and oxygen atoms in total. The van der Waals surface area contributed by atoms with Crippen LogP contribution >= 0.6 is 0 Å². The Morgan fingerprint density at radius 2 is 2.04 bits per heavy atom. The highest BCUT2D eigenvalue weighted by Crippen LogP contribution is 2.33. The molecule has 144 valence electrons. The third kappa shape index (κ3) is 3.19. The van der Waals surface area contributed by atoms with E-state index in [-0.39, 0.29) is 6.10 Å². The molecule has 4 heterocycles. The topological polar surface area (TPSA) is 55.6 Å². The van der Waals surface area contributed by atoms with E-state index >= 15 is 0 Å². The van der Waals surface area contributed by atoms with Gasteiger partial charge in [0.05, 0.1) is 37.8 Å². The van der Waals surface area contributed by atoms with Crippen LogP contribution in [-0.4, -0.2) is 65.3 Å². The minimum atomic E-state index is 0.285. The summed E-state index contributed by atoms with van der Waals surface area (Å²) in [5.74, 6) is 0.928. The fraction of sp³-hybridized carbons (Fsp3) is 0.600. The van der Waals surface area contributed by atoms with Gasteiger partial charge in [0.1, 0.15) is 5.75 Å². The Hall–Kier alpha value is -2.12. The minimum Gasteiger partial charge on any atom is -0.497 e. The van der Waals surface area contributed by atoms with E-state index in [4.69, 9.17) is 9.47 Å². The fourth-order valence-corrected chi connectivity index (χ4v) is 4.83.